The molecule has 1 aliphatic rings. The molecule has 0 saturated carbocycles. The average Bonchev–Trinajstić information content (AvgIpc) is 2.37. The first-order chi connectivity index (χ1) is 10.0. The van der Waals surface area contributed by atoms with Gasteiger partial charge in [-0.15, -0.1) is 0 Å². The number of aliphatic hydroxyl groups excluding tert-OH is 1. The van der Waals surface area contributed by atoms with Crippen molar-refractivity contribution in [1.82, 2.24) is 0 Å². The smallest absolute Gasteiger partial charge is 0.321 e. The molecule has 2 rings (SSSR count). The van der Waals surface area contributed by atoms with Crippen LogP contribution >= 0.6 is 0 Å². The molecule has 1 aliphatic heterocycles. The number of hydrogen-bond acceptors (Lipinski definition) is 6. The summed E-state index contributed by atoms with van der Waals surface area (Å²) in [6.07, 6.45) is 0.464. The van der Waals surface area contributed by atoms with Crippen molar-refractivity contribution in [3.63, 3.8) is 0 Å². The SMILES string of the molecule is O=C(CS(=O)(=O)c1ccc(CCO)cc1)OCC1COC1. The Kier molecular flexibility index (Phi) is 5.33. The Morgan fingerprint density at radius 3 is 2.48 bits per heavy atom. The number of benzene rings is 1. The summed E-state index contributed by atoms with van der Waals surface area (Å²) in [7, 11) is -3.70. The van der Waals surface area contributed by atoms with Crippen LogP contribution in [0.2, 0.25) is 0 Å². The lowest BCUT2D eigenvalue weighted by atomic mass is 10.1. The third-order valence-corrected chi connectivity index (χ3v) is 4.78. The van der Waals surface area contributed by atoms with Gasteiger partial charge in [-0.1, -0.05) is 12.1 Å². The monoisotopic (exact) mass is 314 g/mol. The highest BCUT2D eigenvalue weighted by Crippen LogP contribution is 2.14. The van der Waals surface area contributed by atoms with Crippen LogP contribution in [0.4, 0.5) is 0 Å². The zero-order chi connectivity index (χ0) is 15.3. The molecule has 0 atom stereocenters. The molecule has 1 heterocycles. The van der Waals surface area contributed by atoms with E-state index in [2.05, 4.69) is 0 Å². The minimum absolute atomic E-state index is 0.00328. The maximum absolute atomic E-state index is 12.1. The van der Waals surface area contributed by atoms with Gasteiger partial charge in [-0.2, -0.15) is 0 Å². The standard InChI is InChI=1S/C14H18O6S/c15-6-5-11-1-3-13(4-2-11)21(17,18)10-14(16)20-9-12-7-19-8-12/h1-4,12,15H,5-10H2. The molecule has 6 nitrogen and oxygen atoms in total. The summed E-state index contributed by atoms with van der Waals surface area (Å²) in [5, 5.41) is 8.81. The third kappa shape index (κ3) is 4.52. The Morgan fingerprint density at radius 1 is 1.29 bits per heavy atom. The molecular weight excluding hydrogens is 296 g/mol. The van der Waals surface area contributed by atoms with Gasteiger partial charge in [0.05, 0.1) is 24.7 Å². The normalized spacial score (nSPS) is 15.5. The molecule has 1 saturated heterocycles. The molecule has 21 heavy (non-hydrogen) atoms. The lowest BCUT2D eigenvalue weighted by molar-refractivity contribution is -0.147. The first-order valence-electron chi connectivity index (χ1n) is 6.67. The second-order valence-electron chi connectivity index (χ2n) is 4.96. The van der Waals surface area contributed by atoms with E-state index in [1.165, 1.54) is 12.1 Å². The predicted molar refractivity (Wildman–Crippen MR) is 74.6 cm³/mol. The van der Waals surface area contributed by atoms with E-state index >= 15 is 0 Å². The molecule has 116 valence electrons. The van der Waals surface area contributed by atoms with Crippen molar-refractivity contribution in [2.24, 2.45) is 5.92 Å². The van der Waals surface area contributed by atoms with Crippen LogP contribution in [0.1, 0.15) is 5.56 Å². The van der Waals surface area contributed by atoms with E-state index in [1.54, 1.807) is 12.1 Å². The number of sulfone groups is 1. The Labute approximate surface area is 123 Å². The van der Waals surface area contributed by atoms with Crippen molar-refractivity contribution in [1.29, 1.82) is 0 Å². The molecule has 1 fully saturated rings. The van der Waals surface area contributed by atoms with Crippen LogP contribution in [0, 0.1) is 5.92 Å². The number of carbonyl (C=O) groups is 1. The molecule has 0 radical (unpaired) electrons. The summed E-state index contributed by atoms with van der Waals surface area (Å²) >= 11 is 0. The summed E-state index contributed by atoms with van der Waals surface area (Å²) < 4.78 is 34.0. The number of aliphatic hydroxyl groups is 1. The summed E-state index contributed by atoms with van der Waals surface area (Å²) in [4.78, 5) is 11.6. The fourth-order valence-corrected chi connectivity index (χ4v) is 2.98. The molecule has 0 aromatic heterocycles. The van der Waals surface area contributed by atoms with Gasteiger partial charge in [-0.25, -0.2) is 8.42 Å². The molecule has 0 amide bonds. The molecule has 1 aromatic rings. The molecular formula is C14H18O6S. The van der Waals surface area contributed by atoms with Crippen molar-refractivity contribution in [3.8, 4) is 0 Å². The fourth-order valence-electron chi connectivity index (χ4n) is 1.86. The molecule has 0 bridgehead atoms. The van der Waals surface area contributed by atoms with Gasteiger partial charge in [0.25, 0.3) is 0 Å². The van der Waals surface area contributed by atoms with Gasteiger partial charge in [0.2, 0.25) is 0 Å². The van der Waals surface area contributed by atoms with Crippen molar-refractivity contribution in [2.75, 3.05) is 32.2 Å². The maximum Gasteiger partial charge on any atom is 0.321 e. The van der Waals surface area contributed by atoms with Gasteiger partial charge in [-0.05, 0) is 24.1 Å². The highest BCUT2D eigenvalue weighted by atomic mass is 32.2. The topological polar surface area (TPSA) is 89.9 Å². The highest BCUT2D eigenvalue weighted by Gasteiger charge is 2.24. The molecule has 0 spiro atoms. The van der Waals surface area contributed by atoms with Gasteiger partial charge in [0.15, 0.2) is 15.6 Å². The van der Waals surface area contributed by atoms with E-state index in [0.717, 1.165) is 5.56 Å². The first kappa shape index (κ1) is 15.9. The summed E-state index contributed by atoms with van der Waals surface area (Å²) in [5.74, 6) is -1.24. The van der Waals surface area contributed by atoms with Crippen molar-refractivity contribution >= 4 is 15.8 Å². The average molecular weight is 314 g/mol. The number of carbonyl (C=O) groups excluding carboxylic acids is 1. The van der Waals surface area contributed by atoms with Gasteiger partial charge in [-0.3, -0.25) is 4.79 Å². The highest BCUT2D eigenvalue weighted by molar-refractivity contribution is 7.92. The van der Waals surface area contributed by atoms with Gasteiger partial charge in [0, 0.05) is 12.5 Å². The lowest BCUT2D eigenvalue weighted by Gasteiger charge is -2.25. The largest absolute Gasteiger partial charge is 0.464 e. The van der Waals surface area contributed by atoms with Crippen molar-refractivity contribution in [3.05, 3.63) is 29.8 Å². The second-order valence-corrected chi connectivity index (χ2v) is 6.95. The molecule has 1 aromatic carbocycles. The van der Waals surface area contributed by atoms with Crippen LogP contribution < -0.4 is 0 Å². The van der Waals surface area contributed by atoms with Crippen LogP contribution in [-0.4, -0.2) is 51.7 Å². The fraction of sp³-hybridized carbons (Fsp3) is 0.500. The van der Waals surface area contributed by atoms with Crippen LogP contribution in [0.5, 0.6) is 0 Å². The Morgan fingerprint density at radius 2 is 1.95 bits per heavy atom. The molecule has 1 N–H and O–H groups in total. The zero-order valence-corrected chi connectivity index (χ0v) is 12.3. The maximum atomic E-state index is 12.1. The van der Waals surface area contributed by atoms with E-state index in [0.29, 0.717) is 19.6 Å². The van der Waals surface area contributed by atoms with Crippen LogP contribution in [0.3, 0.4) is 0 Å². The first-order valence-corrected chi connectivity index (χ1v) is 8.32. The van der Waals surface area contributed by atoms with Crippen LogP contribution in [0.25, 0.3) is 0 Å². The van der Waals surface area contributed by atoms with E-state index in [4.69, 9.17) is 14.6 Å². The number of esters is 1. The van der Waals surface area contributed by atoms with E-state index in [-0.39, 0.29) is 24.0 Å². The minimum atomic E-state index is -3.70. The van der Waals surface area contributed by atoms with Crippen LogP contribution in [-0.2, 0) is 30.5 Å². The summed E-state index contributed by atoms with van der Waals surface area (Å²) in [5.41, 5.74) is 0.837. The predicted octanol–water partition coefficient (Wildman–Crippen LogP) is 0.185. The van der Waals surface area contributed by atoms with E-state index in [9.17, 15) is 13.2 Å². The zero-order valence-electron chi connectivity index (χ0n) is 11.5. The Bertz CT molecular complexity index is 574. The molecule has 0 aliphatic carbocycles. The summed E-state index contributed by atoms with van der Waals surface area (Å²) in [6.45, 7) is 1.30. The van der Waals surface area contributed by atoms with Gasteiger partial charge in [0.1, 0.15) is 0 Å². The summed E-state index contributed by atoms with van der Waals surface area (Å²) in [6, 6.07) is 6.13. The number of hydrogen-bond donors (Lipinski definition) is 1. The van der Waals surface area contributed by atoms with Crippen molar-refractivity contribution < 1.29 is 27.8 Å². The van der Waals surface area contributed by atoms with Gasteiger partial charge < -0.3 is 14.6 Å². The second kappa shape index (κ2) is 7.02. The molecule has 7 heteroatoms. The number of rotatable bonds is 7. The number of ether oxygens (including phenoxy) is 2. The van der Waals surface area contributed by atoms with Crippen LogP contribution in [0.15, 0.2) is 29.2 Å². The molecule has 0 unspecified atom stereocenters. The lowest BCUT2D eigenvalue weighted by Crippen LogP contribution is -2.33. The minimum Gasteiger partial charge on any atom is -0.464 e. The van der Waals surface area contributed by atoms with Crippen molar-refractivity contribution in [2.45, 2.75) is 11.3 Å². The quantitative estimate of drug-likeness (QED) is 0.722. The third-order valence-electron chi connectivity index (χ3n) is 3.18. The van der Waals surface area contributed by atoms with E-state index < -0.39 is 21.6 Å². The van der Waals surface area contributed by atoms with Gasteiger partial charge >= 0.3 is 5.97 Å². The Hall–Kier alpha value is -1.44. The van der Waals surface area contributed by atoms with E-state index in [1.807, 2.05) is 0 Å². The Balaban J connectivity index is 1.91.